The Kier molecular flexibility index (Phi) is 8.06. The van der Waals surface area contributed by atoms with Gasteiger partial charge >= 0.3 is 0 Å². The maximum Gasteiger partial charge on any atom is 0.147 e. The van der Waals surface area contributed by atoms with Gasteiger partial charge in [-0.1, -0.05) is 26.7 Å². The minimum Gasteiger partial charge on any atom is -0.314 e. The van der Waals surface area contributed by atoms with Crippen molar-refractivity contribution in [3.8, 4) is 0 Å². The van der Waals surface area contributed by atoms with E-state index in [9.17, 15) is 8.42 Å². The summed E-state index contributed by atoms with van der Waals surface area (Å²) in [5.41, 5.74) is 0. The van der Waals surface area contributed by atoms with Crippen LogP contribution in [0.15, 0.2) is 0 Å². The minimum atomic E-state index is -2.81. The van der Waals surface area contributed by atoms with Crippen LogP contribution < -0.4 is 5.32 Å². The van der Waals surface area contributed by atoms with Gasteiger partial charge in [-0.05, 0) is 25.8 Å². The molecular weight excluding hydrogens is 210 g/mol. The smallest absolute Gasteiger partial charge is 0.147 e. The third-order valence-corrected chi connectivity index (χ3v) is 3.40. The molecule has 0 aromatic carbocycles. The number of unbranched alkanes of at least 4 members (excludes halogenated alkanes) is 1. The Labute approximate surface area is 94.6 Å². The molecule has 0 bridgehead atoms. The first kappa shape index (κ1) is 14.9. The van der Waals surface area contributed by atoms with Crippen molar-refractivity contribution >= 4 is 9.84 Å². The van der Waals surface area contributed by atoms with E-state index in [1.54, 1.807) is 0 Å². The number of hydrogen-bond donors (Lipinski definition) is 1. The number of nitrogens with one attached hydrogen (secondary N) is 1. The van der Waals surface area contributed by atoms with E-state index in [4.69, 9.17) is 0 Å². The minimum absolute atomic E-state index is 0.304. The zero-order valence-corrected chi connectivity index (χ0v) is 11.1. The quantitative estimate of drug-likeness (QED) is 0.664. The summed E-state index contributed by atoms with van der Waals surface area (Å²) in [6, 6.07) is 0.375. The van der Waals surface area contributed by atoms with Gasteiger partial charge in [0, 0.05) is 12.3 Å². The van der Waals surface area contributed by atoms with Gasteiger partial charge in [-0.2, -0.15) is 0 Å². The molecule has 0 aliphatic heterocycles. The van der Waals surface area contributed by atoms with Crippen LogP contribution in [-0.2, 0) is 9.84 Å². The van der Waals surface area contributed by atoms with Gasteiger partial charge in [-0.25, -0.2) is 8.42 Å². The van der Waals surface area contributed by atoms with E-state index in [2.05, 4.69) is 19.2 Å². The van der Waals surface area contributed by atoms with Gasteiger partial charge in [0.15, 0.2) is 0 Å². The van der Waals surface area contributed by atoms with Crippen LogP contribution in [0.25, 0.3) is 0 Å². The Morgan fingerprint density at radius 2 is 1.80 bits per heavy atom. The van der Waals surface area contributed by atoms with Crippen molar-refractivity contribution in [1.82, 2.24) is 5.32 Å². The first-order valence-electron chi connectivity index (χ1n) is 5.90. The normalized spacial score (nSPS) is 14.1. The highest BCUT2D eigenvalue weighted by Gasteiger charge is 2.10. The van der Waals surface area contributed by atoms with Crippen LogP contribution in [0.5, 0.6) is 0 Å². The molecule has 15 heavy (non-hydrogen) atoms. The number of hydrogen-bond acceptors (Lipinski definition) is 3. The average molecular weight is 235 g/mol. The van der Waals surface area contributed by atoms with E-state index in [1.165, 1.54) is 19.1 Å². The Hall–Kier alpha value is -0.0900. The van der Waals surface area contributed by atoms with Crippen molar-refractivity contribution in [3.05, 3.63) is 0 Å². The molecule has 0 radical (unpaired) electrons. The highest BCUT2D eigenvalue weighted by atomic mass is 32.2. The Bertz CT molecular complexity index is 229. The molecule has 1 N–H and O–H groups in total. The molecule has 1 unspecified atom stereocenters. The summed E-state index contributed by atoms with van der Waals surface area (Å²) in [6.45, 7) is 5.27. The molecule has 0 heterocycles. The van der Waals surface area contributed by atoms with Crippen molar-refractivity contribution in [2.75, 3.05) is 18.6 Å². The van der Waals surface area contributed by atoms with Crippen molar-refractivity contribution < 1.29 is 8.42 Å². The highest BCUT2D eigenvalue weighted by Crippen LogP contribution is 2.06. The van der Waals surface area contributed by atoms with E-state index in [1.807, 2.05) is 0 Å². The Morgan fingerprint density at radius 3 is 2.27 bits per heavy atom. The van der Waals surface area contributed by atoms with Crippen LogP contribution in [0.4, 0.5) is 0 Å². The number of sulfone groups is 1. The summed E-state index contributed by atoms with van der Waals surface area (Å²) in [4.78, 5) is 0. The summed E-state index contributed by atoms with van der Waals surface area (Å²) >= 11 is 0. The zero-order chi connectivity index (χ0) is 11.7. The summed E-state index contributed by atoms with van der Waals surface area (Å²) < 4.78 is 22.1. The van der Waals surface area contributed by atoms with Gasteiger partial charge in [0.2, 0.25) is 0 Å². The molecule has 92 valence electrons. The van der Waals surface area contributed by atoms with E-state index in [-0.39, 0.29) is 0 Å². The molecule has 3 nitrogen and oxygen atoms in total. The van der Waals surface area contributed by atoms with Crippen molar-refractivity contribution in [2.24, 2.45) is 0 Å². The fourth-order valence-electron chi connectivity index (χ4n) is 1.50. The maximum absolute atomic E-state index is 11.1. The van der Waals surface area contributed by atoms with E-state index < -0.39 is 9.84 Å². The summed E-state index contributed by atoms with van der Waals surface area (Å²) in [7, 11) is -2.81. The van der Waals surface area contributed by atoms with Crippen LogP contribution >= 0.6 is 0 Å². The molecular formula is C11H25NO2S. The first-order chi connectivity index (χ1) is 6.99. The van der Waals surface area contributed by atoms with E-state index >= 15 is 0 Å². The molecule has 0 aliphatic carbocycles. The number of rotatable bonds is 9. The fraction of sp³-hybridized carbons (Fsp3) is 1.00. The summed E-state index contributed by atoms with van der Waals surface area (Å²) in [5.74, 6) is 0.304. The SMILES string of the molecule is CCCCC(CCS(C)(=O)=O)NCCC. The molecule has 0 aromatic heterocycles. The van der Waals surface area contributed by atoms with Gasteiger partial charge < -0.3 is 5.32 Å². The highest BCUT2D eigenvalue weighted by molar-refractivity contribution is 7.90. The summed E-state index contributed by atoms with van der Waals surface area (Å²) in [6.07, 6.45) is 6.59. The molecule has 4 heteroatoms. The topological polar surface area (TPSA) is 46.2 Å². The second kappa shape index (κ2) is 8.11. The van der Waals surface area contributed by atoms with Crippen LogP contribution in [0.3, 0.4) is 0 Å². The summed E-state index contributed by atoms with van der Waals surface area (Å²) in [5, 5.41) is 3.41. The van der Waals surface area contributed by atoms with Gasteiger partial charge in [0.05, 0.1) is 5.75 Å². The van der Waals surface area contributed by atoms with Crippen molar-refractivity contribution in [1.29, 1.82) is 0 Å². The fourth-order valence-corrected chi connectivity index (χ4v) is 2.22. The Balaban J connectivity index is 3.89. The van der Waals surface area contributed by atoms with Crippen LogP contribution in [-0.4, -0.2) is 33.0 Å². The average Bonchev–Trinajstić information content (AvgIpc) is 2.15. The van der Waals surface area contributed by atoms with Crippen LogP contribution in [0, 0.1) is 0 Å². The Morgan fingerprint density at radius 1 is 1.13 bits per heavy atom. The molecule has 1 atom stereocenters. The third-order valence-electron chi connectivity index (χ3n) is 2.43. The molecule has 0 saturated heterocycles. The van der Waals surface area contributed by atoms with E-state index in [0.29, 0.717) is 11.8 Å². The lowest BCUT2D eigenvalue weighted by atomic mass is 10.1. The van der Waals surface area contributed by atoms with E-state index in [0.717, 1.165) is 25.8 Å². The lowest BCUT2D eigenvalue weighted by Crippen LogP contribution is -2.31. The first-order valence-corrected chi connectivity index (χ1v) is 7.96. The van der Waals surface area contributed by atoms with Gasteiger partial charge in [0.25, 0.3) is 0 Å². The molecule has 0 amide bonds. The lowest BCUT2D eigenvalue weighted by Gasteiger charge is -2.17. The van der Waals surface area contributed by atoms with Gasteiger partial charge in [-0.15, -0.1) is 0 Å². The molecule has 0 aliphatic rings. The standard InChI is InChI=1S/C11H25NO2S/c1-4-6-7-11(12-9-5-2)8-10-15(3,13)14/h11-12H,4-10H2,1-3H3. The molecule has 0 spiro atoms. The molecule has 0 aromatic rings. The monoisotopic (exact) mass is 235 g/mol. The predicted octanol–water partition coefficient (Wildman–Crippen LogP) is 1.98. The lowest BCUT2D eigenvalue weighted by molar-refractivity contribution is 0.452. The van der Waals surface area contributed by atoms with Crippen molar-refractivity contribution in [2.45, 2.75) is 52.0 Å². The van der Waals surface area contributed by atoms with Gasteiger partial charge in [0.1, 0.15) is 9.84 Å². The van der Waals surface area contributed by atoms with Gasteiger partial charge in [-0.3, -0.25) is 0 Å². The third kappa shape index (κ3) is 10.2. The molecule has 0 saturated carbocycles. The molecule has 0 rings (SSSR count). The maximum atomic E-state index is 11.1. The second-order valence-electron chi connectivity index (χ2n) is 4.21. The van der Waals surface area contributed by atoms with Crippen LogP contribution in [0.2, 0.25) is 0 Å². The zero-order valence-electron chi connectivity index (χ0n) is 10.3. The van der Waals surface area contributed by atoms with Crippen LogP contribution in [0.1, 0.15) is 46.0 Å². The molecule has 0 fully saturated rings. The second-order valence-corrected chi connectivity index (χ2v) is 6.47. The predicted molar refractivity (Wildman–Crippen MR) is 65.9 cm³/mol. The van der Waals surface area contributed by atoms with Crippen molar-refractivity contribution in [3.63, 3.8) is 0 Å². The largest absolute Gasteiger partial charge is 0.314 e.